The van der Waals surface area contributed by atoms with Crippen LogP contribution in [-0.2, 0) is 16.0 Å². The lowest BCUT2D eigenvalue weighted by Crippen LogP contribution is -2.44. The highest BCUT2D eigenvalue weighted by molar-refractivity contribution is 5.94. The first-order valence-corrected chi connectivity index (χ1v) is 6.94. The molecule has 1 aromatic carbocycles. The molecular formula is C15H23ClN2O2. The van der Waals surface area contributed by atoms with Crippen molar-refractivity contribution in [3.05, 3.63) is 29.8 Å². The van der Waals surface area contributed by atoms with Crippen LogP contribution in [0.4, 0.5) is 5.69 Å². The van der Waals surface area contributed by atoms with Gasteiger partial charge in [0.25, 0.3) is 0 Å². The normalized spacial score (nSPS) is 17.1. The van der Waals surface area contributed by atoms with Gasteiger partial charge in [-0.3, -0.25) is 4.79 Å². The summed E-state index contributed by atoms with van der Waals surface area (Å²) in [6, 6.07) is 7.44. The Labute approximate surface area is 126 Å². The zero-order chi connectivity index (χ0) is 13.7. The average molecular weight is 299 g/mol. The maximum atomic E-state index is 12.1. The number of amides is 1. The summed E-state index contributed by atoms with van der Waals surface area (Å²) in [6.45, 7) is 3.50. The zero-order valence-corrected chi connectivity index (χ0v) is 12.6. The number of hydrogen-bond acceptors (Lipinski definition) is 3. The molecule has 0 saturated carbocycles. The molecule has 1 fully saturated rings. The fourth-order valence-electron chi connectivity index (χ4n) is 2.38. The Morgan fingerprint density at radius 1 is 1.45 bits per heavy atom. The predicted octanol–water partition coefficient (Wildman–Crippen LogP) is 2.36. The van der Waals surface area contributed by atoms with Gasteiger partial charge in [0.05, 0.1) is 6.04 Å². The van der Waals surface area contributed by atoms with Crippen molar-refractivity contribution in [2.24, 2.45) is 11.7 Å². The number of halogens is 1. The summed E-state index contributed by atoms with van der Waals surface area (Å²) >= 11 is 0. The molecule has 3 N–H and O–H groups in total. The van der Waals surface area contributed by atoms with Gasteiger partial charge in [-0.25, -0.2) is 0 Å². The van der Waals surface area contributed by atoms with E-state index >= 15 is 0 Å². The lowest BCUT2D eigenvalue weighted by atomic mass is 9.92. The molecule has 2 rings (SSSR count). The smallest absolute Gasteiger partial charge is 0.241 e. The minimum Gasteiger partial charge on any atom is -0.381 e. The number of aryl methyl sites for hydroxylation is 1. The molecule has 20 heavy (non-hydrogen) atoms. The Bertz CT molecular complexity index is 434. The largest absolute Gasteiger partial charge is 0.381 e. The molecule has 112 valence electrons. The molecule has 0 aromatic heterocycles. The number of ether oxygens (including phenoxy) is 1. The van der Waals surface area contributed by atoms with E-state index in [2.05, 4.69) is 12.2 Å². The second kappa shape index (κ2) is 8.25. The van der Waals surface area contributed by atoms with Crippen LogP contribution in [0.2, 0.25) is 0 Å². The number of benzene rings is 1. The van der Waals surface area contributed by atoms with Crippen LogP contribution in [0, 0.1) is 5.92 Å². The first kappa shape index (κ1) is 17.0. The third-order valence-corrected chi connectivity index (χ3v) is 3.68. The van der Waals surface area contributed by atoms with E-state index in [0.29, 0.717) is 13.2 Å². The van der Waals surface area contributed by atoms with Crippen molar-refractivity contribution in [1.82, 2.24) is 0 Å². The molecule has 5 heteroatoms. The van der Waals surface area contributed by atoms with Gasteiger partial charge in [-0.15, -0.1) is 12.4 Å². The number of anilines is 1. The van der Waals surface area contributed by atoms with Gasteiger partial charge in [-0.1, -0.05) is 19.1 Å². The van der Waals surface area contributed by atoms with E-state index in [0.717, 1.165) is 24.9 Å². The van der Waals surface area contributed by atoms with Gasteiger partial charge >= 0.3 is 0 Å². The molecule has 0 radical (unpaired) electrons. The minimum atomic E-state index is -0.450. The van der Waals surface area contributed by atoms with Crippen molar-refractivity contribution >= 4 is 24.0 Å². The van der Waals surface area contributed by atoms with Crippen molar-refractivity contribution in [3.63, 3.8) is 0 Å². The molecular weight excluding hydrogens is 276 g/mol. The van der Waals surface area contributed by atoms with Gasteiger partial charge in [0.15, 0.2) is 0 Å². The fourth-order valence-corrected chi connectivity index (χ4v) is 2.38. The third kappa shape index (κ3) is 4.47. The maximum absolute atomic E-state index is 12.1. The van der Waals surface area contributed by atoms with E-state index in [-0.39, 0.29) is 24.2 Å². The topological polar surface area (TPSA) is 64.4 Å². The molecule has 1 aromatic rings. The van der Waals surface area contributed by atoms with Gasteiger partial charge < -0.3 is 15.8 Å². The Kier molecular flexibility index (Phi) is 6.99. The Morgan fingerprint density at radius 3 is 2.80 bits per heavy atom. The number of carbonyl (C=O) groups excluding carboxylic acids is 1. The molecule has 1 heterocycles. The number of rotatable bonds is 4. The van der Waals surface area contributed by atoms with Crippen molar-refractivity contribution in [1.29, 1.82) is 0 Å². The zero-order valence-electron chi connectivity index (χ0n) is 11.8. The number of hydrogen-bond donors (Lipinski definition) is 2. The van der Waals surface area contributed by atoms with Crippen molar-refractivity contribution in [3.8, 4) is 0 Å². The Hall–Kier alpha value is -1.10. The monoisotopic (exact) mass is 298 g/mol. The molecule has 0 bridgehead atoms. The maximum Gasteiger partial charge on any atom is 0.241 e. The highest BCUT2D eigenvalue weighted by Crippen LogP contribution is 2.19. The van der Waals surface area contributed by atoms with Crippen LogP contribution in [-0.4, -0.2) is 25.2 Å². The first-order valence-electron chi connectivity index (χ1n) is 6.94. The minimum absolute atomic E-state index is 0. The summed E-state index contributed by atoms with van der Waals surface area (Å²) in [5.74, 6) is 0.128. The molecule has 1 amide bonds. The fraction of sp³-hybridized carbons (Fsp3) is 0.533. The average Bonchev–Trinajstić information content (AvgIpc) is 2.47. The summed E-state index contributed by atoms with van der Waals surface area (Å²) in [5.41, 5.74) is 8.07. The third-order valence-electron chi connectivity index (χ3n) is 3.68. The SMILES string of the molecule is CCc1cccc(NC(=O)C(N)C2CCOCC2)c1.Cl. The lowest BCUT2D eigenvalue weighted by molar-refractivity contribution is -0.119. The highest BCUT2D eigenvalue weighted by atomic mass is 35.5. The van der Waals surface area contributed by atoms with Gasteiger partial charge in [0, 0.05) is 18.9 Å². The van der Waals surface area contributed by atoms with Crippen LogP contribution in [0.1, 0.15) is 25.3 Å². The molecule has 1 aliphatic rings. The summed E-state index contributed by atoms with van der Waals surface area (Å²) < 4.78 is 5.29. The van der Waals surface area contributed by atoms with E-state index in [1.165, 1.54) is 5.56 Å². The van der Waals surface area contributed by atoms with Gasteiger partial charge in [-0.05, 0) is 42.9 Å². The van der Waals surface area contributed by atoms with Gasteiger partial charge in [0.2, 0.25) is 5.91 Å². The van der Waals surface area contributed by atoms with E-state index in [4.69, 9.17) is 10.5 Å². The van der Waals surface area contributed by atoms with Crippen LogP contribution in [0.15, 0.2) is 24.3 Å². The molecule has 0 spiro atoms. The van der Waals surface area contributed by atoms with Crippen LogP contribution in [0.25, 0.3) is 0 Å². The highest BCUT2D eigenvalue weighted by Gasteiger charge is 2.26. The summed E-state index contributed by atoms with van der Waals surface area (Å²) in [7, 11) is 0. The summed E-state index contributed by atoms with van der Waals surface area (Å²) in [4.78, 5) is 12.1. The molecule has 1 aliphatic heterocycles. The van der Waals surface area contributed by atoms with E-state index < -0.39 is 6.04 Å². The Morgan fingerprint density at radius 2 is 2.15 bits per heavy atom. The van der Waals surface area contributed by atoms with Crippen LogP contribution < -0.4 is 11.1 Å². The standard InChI is InChI=1S/C15H22N2O2.ClH/c1-2-11-4-3-5-13(10-11)17-15(18)14(16)12-6-8-19-9-7-12;/h3-5,10,12,14H,2,6-9,16H2,1H3,(H,17,18);1H. The van der Waals surface area contributed by atoms with Crippen LogP contribution in [0.5, 0.6) is 0 Å². The first-order chi connectivity index (χ1) is 9.20. The molecule has 0 aliphatic carbocycles. The van der Waals surface area contributed by atoms with Gasteiger partial charge in [-0.2, -0.15) is 0 Å². The summed E-state index contributed by atoms with van der Waals surface area (Å²) in [5, 5.41) is 2.91. The van der Waals surface area contributed by atoms with Crippen LogP contribution in [0.3, 0.4) is 0 Å². The van der Waals surface area contributed by atoms with Crippen molar-refractivity contribution in [2.75, 3.05) is 18.5 Å². The molecule has 1 atom stereocenters. The van der Waals surface area contributed by atoms with E-state index in [1.807, 2.05) is 24.3 Å². The van der Waals surface area contributed by atoms with Gasteiger partial charge in [0.1, 0.15) is 0 Å². The number of nitrogens with one attached hydrogen (secondary N) is 1. The number of carbonyl (C=O) groups is 1. The number of nitrogens with two attached hydrogens (primary N) is 1. The lowest BCUT2D eigenvalue weighted by Gasteiger charge is -2.26. The quantitative estimate of drug-likeness (QED) is 0.897. The predicted molar refractivity (Wildman–Crippen MR) is 83.2 cm³/mol. The van der Waals surface area contributed by atoms with E-state index in [9.17, 15) is 4.79 Å². The van der Waals surface area contributed by atoms with Crippen molar-refractivity contribution < 1.29 is 9.53 Å². The Balaban J connectivity index is 0.00000200. The van der Waals surface area contributed by atoms with Crippen molar-refractivity contribution in [2.45, 2.75) is 32.2 Å². The molecule has 1 saturated heterocycles. The molecule has 1 unspecified atom stereocenters. The molecule has 4 nitrogen and oxygen atoms in total. The second-order valence-corrected chi connectivity index (χ2v) is 5.02. The summed E-state index contributed by atoms with van der Waals surface area (Å²) in [6.07, 6.45) is 2.68. The van der Waals surface area contributed by atoms with E-state index in [1.54, 1.807) is 0 Å². The van der Waals surface area contributed by atoms with Crippen LogP contribution >= 0.6 is 12.4 Å². The second-order valence-electron chi connectivity index (χ2n) is 5.02.